The molecule has 0 aliphatic carbocycles. The molecule has 0 spiro atoms. The fourth-order valence-corrected chi connectivity index (χ4v) is 4.08. The van der Waals surface area contributed by atoms with Crippen LogP contribution >= 0.6 is 11.3 Å². The molecule has 0 amide bonds. The second-order valence-electron chi connectivity index (χ2n) is 7.03. The Morgan fingerprint density at radius 2 is 2.13 bits per heavy atom. The highest BCUT2D eigenvalue weighted by molar-refractivity contribution is 7.13. The number of nitriles is 1. The van der Waals surface area contributed by atoms with Crippen LogP contribution in [0, 0.1) is 18.3 Å². The lowest BCUT2D eigenvalue weighted by molar-refractivity contribution is 0.299. The van der Waals surface area contributed by atoms with Gasteiger partial charge in [-0.3, -0.25) is 0 Å². The predicted octanol–water partition coefficient (Wildman–Crippen LogP) is 4.41. The van der Waals surface area contributed by atoms with E-state index in [1.54, 1.807) is 16.9 Å². The minimum atomic E-state index is -0.0129. The average Bonchev–Trinajstić information content (AvgIpc) is 3.47. The van der Waals surface area contributed by atoms with Crippen molar-refractivity contribution in [3.8, 4) is 22.5 Å². The summed E-state index contributed by atoms with van der Waals surface area (Å²) in [7, 11) is 0. The van der Waals surface area contributed by atoms with Gasteiger partial charge in [-0.15, -0.1) is 11.3 Å². The summed E-state index contributed by atoms with van der Waals surface area (Å²) in [5.41, 5.74) is 5.91. The van der Waals surface area contributed by atoms with Gasteiger partial charge in [0, 0.05) is 47.7 Å². The number of pyridine rings is 1. The fourth-order valence-electron chi connectivity index (χ4n) is 3.48. The quantitative estimate of drug-likeness (QED) is 0.450. The number of hydrogen-bond donors (Lipinski definition) is 2. The Bertz CT molecular complexity index is 1240. The minimum Gasteiger partial charge on any atom is -0.396 e. The molecule has 7 nitrogen and oxygen atoms in total. The summed E-state index contributed by atoms with van der Waals surface area (Å²) in [6.07, 6.45) is 4.87. The Morgan fingerprint density at radius 1 is 1.26 bits per heavy atom. The monoisotopic (exact) mass is 430 g/mol. The Hall–Kier alpha value is -3.54. The molecule has 0 aliphatic heterocycles. The van der Waals surface area contributed by atoms with Crippen LogP contribution in [-0.2, 0) is 12.8 Å². The van der Waals surface area contributed by atoms with Crippen molar-refractivity contribution < 1.29 is 5.11 Å². The first kappa shape index (κ1) is 20.7. The van der Waals surface area contributed by atoms with Crippen LogP contribution in [0.2, 0.25) is 0 Å². The van der Waals surface area contributed by atoms with Gasteiger partial charge >= 0.3 is 0 Å². The largest absolute Gasteiger partial charge is 0.396 e. The summed E-state index contributed by atoms with van der Waals surface area (Å²) < 4.78 is 1.81. The molecule has 0 bridgehead atoms. The van der Waals surface area contributed by atoms with Crippen LogP contribution in [0.4, 0.5) is 11.5 Å². The van der Waals surface area contributed by atoms with Crippen LogP contribution in [0.15, 0.2) is 48.1 Å². The number of hydrogen-bond acceptors (Lipinski definition) is 7. The third-order valence-corrected chi connectivity index (χ3v) is 5.74. The van der Waals surface area contributed by atoms with E-state index in [4.69, 9.17) is 10.1 Å². The number of aliphatic hydroxyl groups excluding tert-OH is 1. The van der Waals surface area contributed by atoms with Gasteiger partial charge in [-0.05, 0) is 49.2 Å². The molecule has 1 aromatic carbocycles. The Kier molecular flexibility index (Phi) is 6.07. The number of anilines is 2. The zero-order chi connectivity index (χ0) is 21.8. The van der Waals surface area contributed by atoms with Crippen LogP contribution in [0.5, 0.6) is 0 Å². The Labute approximate surface area is 184 Å². The highest BCUT2D eigenvalue weighted by atomic mass is 32.1. The third-order valence-electron chi connectivity index (χ3n) is 4.95. The van der Waals surface area contributed by atoms with Crippen LogP contribution in [0.3, 0.4) is 0 Å². The molecule has 3 aromatic heterocycles. The number of nitrogens with zero attached hydrogens (tertiary/aromatic N) is 5. The van der Waals surface area contributed by atoms with Crippen LogP contribution in [0.25, 0.3) is 16.4 Å². The van der Waals surface area contributed by atoms with Gasteiger partial charge in [0.25, 0.3) is 0 Å². The van der Waals surface area contributed by atoms with E-state index in [0.717, 1.165) is 45.3 Å². The summed E-state index contributed by atoms with van der Waals surface area (Å²) in [6.45, 7) is 3.97. The number of nitrogens with one attached hydrogen (secondary N) is 1. The fraction of sp³-hybridized carbons (Fsp3) is 0.217. The zero-order valence-corrected chi connectivity index (χ0v) is 18.1. The first-order chi connectivity index (χ1) is 15.1. The first-order valence-electron chi connectivity index (χ1n) is 10.00. The average molecular weight is 431 g/mol. The molecule has 156 valence electrons. The summed E-state index contributed by atoms with van der Waals surface area (Å²) in [4.78, 5) is 9.04. The maximum absolute atomic E-state index is 9.75. The van der Waals surface area contributed by atoms with Crippen molar-refractivity contribution in [1.29, 1.82) is 5.26 Å². The van der Waals surface area contributed by atoms with E-state index in [-0.39, 0.29) is 6.61 Å². The van der Waals surface area contributed by atoms with Crippen LogP contribution < -0.4 is 5.32 Å². The van der Waals surface area contributed by atoms with E-state index in [1.165, 1.54) is 11.3 Å². The normalized spacial score (nSPS) is 10.8. The zero-order valence-electron chi connectivity index (χ0n) is 17.3. The molecule has 2 N–H and O–H groups in total. The maximum Gasteiger partial charge on any atom is 0.143 e. The minimum absolute atomic E-state index is 0.0129. The molecule has 3 heterocycles. The molecule has 0 saturated heterocycles. The smallest absolute Gasteiger partial charge is 0.143 e. The number of aromatic nitrogens is 4. The number of thiazole rings is 1. The predicted molar refractivity (Wildman–Crippen MR) is 122 cm³/mol. The lowest BCUT2D eigenvalue weighted by Crippen LogP contribution is -2.10. The van der Waals surface area contributed by atoms with Gasteiger partial charge in [-0.1, -0.05) is 6.92 Å². The topological polar surface area (TPSA) is 99.7 Å². The molecule has 0 atom stereocenters. The molecule has 4 rings (SSSR count). The van der Waals surface area contributed by atoms with Crippen molar-refractivity contribution in [1.82, 2.24) is 19.7 Å². The lowest BCUT2D eigenvalue weighted by atomic mass is 10.1. The van der Waals surface area contributed by atoms with Gasteiger partial charge in [0.2, 0.25) is 0 Å². The van der Waals surface area contributed by atoms with E-state index in [9.17, 15) is 10.4 Å². The maximum atomic E-state index is 9.75. The van der Waals surface area contributed by atoms with Gasteiger partial charge in [0.15, 0.2) is 0 Å². The van der Waals surface area contributed by atoms with Gasteiger partial charge in [0.1, 0.15) is 16.5 Å². The highest BCUT2D eigenvalue weighted by Crippen LogP contribution is 2.29. The van der Waals surface area contributed by atoms with E-state index in [0.29, 0.717) is 17.8 Å². The van der Waals surface area contributed by atoms with E-state index in [1.807, 2.05) is 42.8 Å². The summed E-state index contributed by atoms with van der Waals surface area (Å²) in [5, 5.41) is 29.9. The molecule has 4 aromatic rings. The number of aliphatic hydroxyl groups is 1. The second-order valence-corrected chi connectivity index (χ2v) is 7.92. The van der Waals surface area contributed by atoms with Gasteiger partial charge in [-0.25, -0.2) is 14.6 Å². The molecule has 0 aliphatic rings. The van der Waals surface area contributed by atoms with E-state index >= 15 is 0 Å². The summed E-state index contributed by atoms with van der Waals surface area (Å²) in [5.74, 6) is 0.676. The molecule has 0 fully saturated rings. The lowest BCUT2D eigenvalue weighted by Gasteiger charge is -2.18. The number of benzene rings is 1. The second kappa shape index (κ2) is 9.08. The van der Waals surface area contributed by atoms with E-state index < -0.39 is 0 Å². The summed E-state index contributed by atoms with van der Waals surface area (Å²) in [6, 6.07) is 11.7. The highest BCUT2D eigenvalue weighted by Gasteiger charge is 2.16. The van der Waals surface area contributed by atoms with Crippen molar-refractivity contribution in [3.63, 3.8) is 0 Å². The number of aryl methyl sites for hydroxylation is 2. The standard InChI is InChI=1S/C23H22N6OS/c1-3-17-13-16(14-24)4-5-19(17)27-22-18(7-10-30)21(12-15(2)26-22)29-9-6-20(28-29)23-25-8-11-31-23/h4-6,8-9,11-13,30H,3,7,10H2,1-2H3,(H,26,27). The molecule has 31 heavy (non-hydrogen) atoms. The molecule has 0 unspecified atom stereocenters. The van der Waals surface area contributed by atoms with Gasteiger partial charge < -0.3 is 10.4 Å². The van der Waals surface area contributed by atoms with Gasteiger partial charge in [0.05, 0.1) is 17.3 Å². The Balaban J connectivity index is 1.78. The SMILES string of the molecule is CCc1cc(C#N)ccc1Nc1nc(C)cc(-n2ccc(-c3nccs3)n2)c1CCO. The van der Waals surface area contributed by atoms with Crippen molar-refractivity contribution in [3.05, 3.63) is 70.5 Å². The van der Waals surface area contributed by atoms with Crippen molar-refractivity contribution >= 4 is 22.8 Å². The van der Waals surface area contributed by atoms with Gasteiger partial charge in [-0.2, -0.15) is 10.4 Å². The molecule has 0 radical (unpaired) electrons. The van der Waals surface area contributed by atoms with Crippen molar-refractivity contribution in [2.24, 2.45) is 0 Å². The van der Waals surface area contributed by atoms with E-state index in [2.05, 4.69) is 23.3 Å². The molecule has 0 saturated carbocycles. The third kappa shape index (κ3) is 4.33. The van der Waals surface area contributed by atoms with Crippen LogP contribution in [0.1, 0.15) is 29.3 Å². The van der Waals surface area contributed by atoms with Crippen molar-refractivity contribution in [2.75, 3.05) is 11.9 Å². The molecule has 8 heteroatoms. The Morgan fingerprint density at radius 3 is 2.84 bits per heavy atom. The summed E-state index contributed by atoms with van der Waals surface area (Å²) >= 11 is 1.54. The van der Waals surface area contributed by atoms with Crippen molar-refractivity contribution in [2.45, 2.75) is 26.7 Å². The van der Waals surface area contributed by atoms with Crippen LogP contribution in [-0.4, -0.2) is 31.5 Å². The number of rotatable bonds is 7. The first-order valence-corrected chi connectivity index (χ1v) is 10.9. The molecular formula is C23H22N6OS. The molecular weight excluding hydrogens is 408 g/mol.